The summed E-state index contributed by atoms with van der Waals surface area (Å²) < 4.78 is 41.8. The smallest absolute Gasteiger partial charge is 0.382 e. The number of anilines is 1. The van der Waals surface area contributed by atoms with Crippen molar-refractivity contribution in [2.75, 3.05) is 5.73 Å². The molecule has 0 fully saturated rings. The molecule has 0 bridgehead atoms. The summed E-state index contributed by atoms with van der Waals surface area (Å²) in [5.41, 5.74) is 8.02. The lowest BCUT2D eigenvalue weighted by Crippen LogP contribution is -2.52. The minimum atomic E-state index is -5.31. The standard InChI is InChI=1S/C18H17F3N6O2/c1-9-3-4-11(17(29,16(23)28)18(19,20)21)5-12(9)13-7-24-15(22)14(26-13)10-6-25-27(2)8-10/h3-8,29H,1-2H3,(H2,22,24)(H2,23,28). The Kier molecular flexibility index (Phi) is 4.79. The zero-order chi connectivity index (χ0) is 21.6. The molecule has 1 amide bonds. The van der Waals surface area contributed by atoms with Crippen LogP contribution >= 0.6 is 0 Å². The first-order valence-electron chi connectivity index (χ1n) is 8.27. The Morgan fingerprint density at radius 1 is 1.24 bits per heavy atom. The maximum Gasteiger partial charge on any atom is 0.430 e. The topological polar surface area (TPSA) is 133 Å². The molecule has 1 unspecified atom stereocenters. The number of carbonyl (C=O) groups excluding carboxylic acids is 1. The summed E-state index contributed by atoms with van der Waals surface area (Å²) >= 11 is 0. The molecule has 11 heteroatoms. The summed E-state index contributed by atoms with van der Waals surface area (Å²) in [6, 6.07) is 3.33. The van der Waals surface area contributed by atoms with Gasteiger partial charge in [-0.3, -0.25) is 9.48 Å². The van der Waals surface area contributed by atoms with E-state index in [1.165, 1.54) is 23.1 Å². The van der Waals surface area contributed by atoms with Crippen molar-refractivity contribution >= 4 is 11.7 Å². The lowest BCUT2D eigenvalue weighted by atomic mass is 9.89. The zero-order valence-electron chi connectivity index (χ0n) is 15.4. The Balaban J connectivity index is 2.18. The number of hydrogen-bond acceptors (Lipinski definition) is 6. The fourth-order valence-corrected chi connectivity index (χ4v) is 2.85. The van der Waals surface area contributed by atoms with Gasteiger partial charge in [0.1, 0.15) is 11.5 Å². The molecule has 0 aliphatic rings. The number of nitrogens with zero attached hydrogens (tertiary/aromatic N) is 4. The van der Waals surface area contributed by atoms with E-state index in [1.807, 2.05) is 0 Å². The summed E-state index contributed by atoms with van der Waals surface area (Å²) in [6.45, 7) is 1.64. The van der Waals surface area contributed by atoms with Crippen molar-refractivity contribution in [3.8, 4) is 22.5 Å². The van der Waals surface area contributed by atoms with E-state index in [1.54, 1.807) is 20.2 Å². The summed E-state index contributed by atoms with van der Waals surface area (Å²) in [5.74, 6) is -1.82. The van der Waals surface area contributed by atoms with Gasteiger partial charge in [0.15, 0.2) is 0 Å². The van der Waals surface area contributed by atoms with Gasteiger partial charge < -0.3 is 16.6 Å². The minimum Gasteiger partial charge on any atom is -0.382 e. The van der Waals surface area contributed by atoms with Crippen LogP contribution < -0.4 is 11.5 Å². The van der Waals surface area contributed by atoms with Gasteiger partial charge in [-0.25, -0.2) is 9.97 Å². The van der Waals surface area contributed by atoms with Gasteiger partial charge in [0, 0.05) is 29.9 Å². The first kappa shape index (κ1) is 20.3. The van der Waals surface area contributed by atoms with E-state index in [-0.39, 0.29) is 17.1 Å². The van der Waals surface area contributed by atoms with Gasteiger partial charge >= 0.3 is 6.18 Å². The zero-order valence-corrected chi connectivity index (χ0v) is 15.4. The maximum absolute atomic E-state index is 13.4. The van der Waals surface area contributed by atoms with Crippen molar-refractivity contribution in [2.45, 2.75) is 18.7 Å². The summed E-state index contributed by atoms with van der Waals surface area (Å²) in [6.07, 6.45) is -0.844. The number of carbonyl (C=O) groups is 1. The maximum atomic E-state index is 13.4. The number of aromatic nitrogens is 4. The van der Waals surface area contributed by atoms with Crippen LogP contribution in [0.25, 0.3) is 22.5 Å². The molecular weight excluding hydrogens is 389 g/mol. The molecule has 2 aromatic heterocycles. The van der Waals surface area contributed by atoms with Gasteiger partial charge in [-0.05, 0) is 18.6 Å². The second-order valence-electron chi connectivity index (χ2n) is 6.49. The van der Waals surface area contributed by atoms with Crippen molar-refractivity contribution in [1.82, 2.24) is 19.7 Å². The molecule has 3 rings (SSSR count). The molecular formula is C18H17F3N6O2. The molecule has 5 N–H and O–H groups in total. The van der Waals surface area contributed by atoms with Crippen molar-refractivity contribution in [3.63, 3.8) is 0 Å². The van der Waals surface area contributed by atoms with Crippen LogP contribution in [-0.4, -0.2) is 36.9 Å². The van der Waals surface area contributed by atoms with E-state index < -0.39 is 23.2 Å². The highest BCUT2D eigenvalue weighted by Gasteiger charge is 2.60. The third-order valence-electron chi connectivity index (χ3n) is 4.48. The highest BCUT2D eigenvalue weighted by molar-refractivity contribution is 5.86. The Morgan fingerprint density at radius 2 is 1.93 bits per heavy atom. The summed E-state index contributed by atoms with van der Waals surface area (Å²) in [5, 5.41) is 14.1. The Hall–Kier alpha value is -3.47. The number of nitrogens with two attached hydrogens (primary N) is 2. The van der Waals surface area contributed by atoms with Crippen LogP contribution in [0.1, 0.15) is 11.1 Å². The van der Waals surface area contributed by atoms with Crippen LogP contribution in [0, 0.1) is 6.92 Å². The van der Waals surface area contributed by atoms with E-state index in [2.05, 4.69) is 15.1 Å². The lowest BCUT2D eigenvalue weighted by Gasteiger charge is -2.28. The number of aliphatic hydroxyl groups is 1. The second kappa shape index (κ2) is 6.85. The molecule has 152 valence electrons. The molecule has 0 saturated carbocycles. The van der Waals surface area contributed by atoms with Crippen LogP contribution in [0.4, 0.5) is 19.0 Å². The quantitative estimate of drug-likeness (QED) is 0.604. The second-order valence-corrected chi connectivity index (χ2v) is 6.49. The molecule has 8 nitrogen and oxygen atoms in total. The van der Waals surface area contributed by atoms with Crippen LogP contribution in [0.2, 0.25) is 0 Å². The van der Waals surface area contributed by atoms with Gasteiger partial charge in [0.25, 0.3) is 11.5 Å². The molecule has 0 aliphatic heterocycles. The van der Waals surface area contributed by atoms with E-state index in [4.69, 9.17) is 11.5 Å². The highest BCUT2D eigenvalue weighted by Crippen LogP contribution is 2.40. The van der Waals surface area contributed by atoms with E-state index >= 15 is 0 Å². The van der Waals surface area contributed by atoms with Crippen LogP contribution in [-0.2, 0) is 17.4 Å². The highest BCUT2D eigenvalue weighted by atomic mass is 19.4. The number of amides is 1. The van der Waals surface area contributed by atoms with Crippen molar-refractivity contribution < 1.29 is 23.1 Å². The molecule has 0 spiro atoms. The fraction of sp³-hybridized carbons (Fsp3) is 0.222. The summed E-state index contributed by atoms with van der Waals surface area (Å²) in [7, 11) is 1.70. The molecule has 0 saturated heterocycles. The molecule has 1 atom stereocenters. The Morgan fingerprint density at radius 3 is 2.48 bits per heavy atom. The van der Waals surface area contributed by atoms with Gasteiger partial charge in [-0.15, -0.1) is 0 Å². The van der Waals surface area contributed by atoms with Gasteiger partial charge in [0.2, 0.25) is 0 Å². The van der Waals surface area contributed by atoms with Crippen molar-refractivity contribution in [3.05, 3.63) is 47.9 Å². The number of halogens is 3. The number of alkyl halides is 3. The van der Waals surface area contributed by atoms with E-state index in [0.717, 1.165) is 12.1 Å². The number of primary amides is 1. The molecule has 3 aromatic rings. The molecule has 1 aromatic carbocycles. The Bertz CT molecular complexity index is 1100. The van der Waals surface area contributed by atoms with Crippen molar-refractivity contribution in [1.29, 1.82) is 0 Å². The SMILES string of the molecule is Cc1ccc(C(O)(C(N)=O)C(F)(F)F)cc1-c1cnc(N)c(-c2cnn(C)c2)n1. The Labute approximate surface area is 163 Å². The largest absolute Gasteiger partial charge is 0.430 e. The van der Waals surface area contributed by atoms with Gasteiger partial charge in [0.05, 0.1) is 18.1 Å². The molecule has 29 heavy (non-hydrogen) atoms. The summed E-state index contributed by atoms with van der Waals surface area (Å²) in [4.78, 5) is 19.9. The minimum absolute atomic E-state index is 0.111. The molecule has 2 heterocycles. The number of nitrogen functional groups attached to an aromatic ring is 1. The average Bonchev–Trinajstić information content (AvgIpc) is 3.07. The third-order valence-corrected chi connectivity index (χ3v) is 4.48. The number of rotatable bonds is 4. The van der Waals surface area contributed by atoms with Gasteiger partial charge in [-0.2, -0.15) is 18.3 Å². The predicted molar refractivity (Wildman–Crippen MR) is 98.0 cm³/mol. The average molecular weight is 406 g/mol. The number of benzene rings is 1. The molecule has 0 radical (unpaired) electrons. The number of aryl methyl sites for hydroxylation is 2. The van der Waals surface area contributed by atoms with Crippen molar-refractivity contribution in [2.24, 2.45) is 12.8 Å². The first-order chi connectivity index (χ1) is 13.4. The normalized spacial score (nSPS) is 13.9. The van der Waals surface area contributed by atoms with E-state index in [9.17, 15) is 23.1 Å². The first-order valence-corrected chi connectivity index (χ1v) is 8.27. The third kappa shape index (κ3) is 3.40. The fourth-order valence-electron chi connectivity index (χ4n) is 2.85. The van der Waals surface area contributed by atoms with Crippen LogP contribution in [0.5, 0.6) is 0 Å². The van der Waals surface area contributed by atoms with Crippen LogP contribution in [0.15, 0.2) is 36.8 Å². The number of hydrogen-bond donors (Lipinski definition) is 3. The van der Waals surface area contributed by atoms with Crippen LogP contribution in [0.3, 0.4) is 0 Å². The van der Waals surface area contributed by atoms with E-state index in [0.29, 0.717) is 16.8 Å². The lowest BCUT2D eigenvalue weighted by molar-refractivity contribution is -0.255. The van der Waals surface area contributed by atoms with Gasteiger partial charge in [-0.1, -0.05) is 12.1 Å². The predicted octanol–water partition coefficient (Wildman–Crippen LogP) is 1.67. The monoisotopic (exact) mass is 406 g/mol. The molecule has 0 aliphatic carbocycles.